The number of hydrogen-bond donors (Lipinski definition) is 1. The standard InChI is InChI=1S/C14H12INO2/c1-18-13-7-2-4-10(14(13)17)9-16-12-6-3-5-11(15)8-12/h2-9,17H,1H3. The quantitative estimate of drug-likeness (QED) is 0.675. The van der Waals surface area contributed by atoms with Crippen LogP contribution in [0.3, 0.4) is 0 Å². The molecule has 2 aromatic carbocycles. The molecule has 0 saturated carbocycles. The maximum atomic E-state index is 9.90. The molecule has 0 radical (unpaired) electrons. The van der Waals surface area contributed by atoms with Crippen LogP contribution in [0.1, 0.15) is 5.56 Å². The van der Waals surface area contributed by atoms with E-state index in [1.807, 2.05) is 30.3 Å². The highest BCUT2D eigenvalue weighted by molar-refractivity contribution is 14.1. The molecule has 0 fully saturated rings. The molecule has 92 valence electrons. The average molecular weight is 353 g/mol. The van der Waals surface area contributed by atoms with E-state index >= 15 is 0 Å². The van der Waals surface area contributed by atoms with E-state index in [1.165, 1.54) is 7.11 Å². The first-order valence-electron chi connectivity index (χ1n) is 5.36. The maximum absolute atomic E-state index is 9.90. The molecule has 2 aromatic rings. The molecule has 0 unspecified atom stereocenters. The highest BCUT2D eigenvalue weighted by Gasteiger charge is 2.04. The van der Waals surface area contributed by atoms with Crippen LogP contribution < -0.4 is 4.74 Å². The normalized spacial score (nSPS) is 10.8. The summed E-state index contributed by atoms with van der Waals surface area (Å²) in [5.41, 5.74) is 1.48. The number of benzene rings is 2. The number of ether oxygens (including phenoxy) is 1. The number of phenols is 1. The molecule has 0 aliphatic carbocycles. The van der Waals surface area contributed by atoms with Gasteiger partial charge in [-0.3, -0.25) is 4.99 Å². The molecule has 0 atom stereocenters. The van der Waals surface area contributed by atoms with Crippen molar-refractivity contribution in [1.29, 1.82) is 0 Å². The molecule has 0 aliphatic heterocycles. The Kier molecular flexibility index (Phi) is 4.19. The van der Waals surface area contributed by atoms with Gasteiger partial charge in [0.15, 0.2) is 11.5 Å². The van der Waals surface area contributed by atoms with Gasteiger partial charge < -0.3 is 9.84 Å². The second kappa shape index (κ2) is 5.86. The minimum Gasteiger partial charge on any atom is -0.504 e. The highest BCUT2D eigenvalue weighted by atomic mass is 127. The first-order chi connectivity index (χ1) is 8.70. The van der Waals surface area contributed by atoms with Gasteiger partial charge in [-0.2, -0.15) is 0 Å². The van der Waals surface area contributed by atoms with Gasteiger partial charge >= 0.3 is 0 Å². The number of halogens is 1. The van der Waals surface area contributed by atoms with Crippen LogP contribution in [0.25, 0.3) is 0 Å². The molecule has 1 N–H and O–H groups in total. The summed E-state index contributed by atoms with van der Waals surface area (Å²) in [5, 5.41) is 9.90. The van der Waals surface area contributed by atoms with Gasteiger partial charge in [0.2, 0.25) is 0 Å². The smallest absolute Gasteiger partial charge is 0.166 e. The number of aliphatic imine (C=N–C) groups is 1. The van der Waals surface area contributed by atoms with Crippen LogP contribution in [0.4, 0.5) is 5.69 Å². The first-order valence-corrected chi connectivity index (χ1v) is 6.44. The van der Waals surface area contributed by atoms with Crippen molar-refractivity contribution in [3.63, 3.8) is 0 Å². The van der Waals surface area contributed by atoms with Gasteiger partial charge in [0.25, 0.3) is 0 Å². The number of para-hydroxylation sites is 1. The molecular weight excluding hydrogens is 341 g/mol. The summed E-state index contributed by atoms with van der Waals surface area (Å²) in [4.78, 5) is 4.33. The van der Waals surface area contributed by atoms with Gasteiger partial charge in [-0.15, -0.1) is 0 Å². The van der Waals surface area contributed by atoms with Crippen molar-refractivity contribution < 1.29 is 9.84 Å². The number of methoxy groups -OCH3 is 1. The summed E-state index contributed by atoms with van der Waals surface area (Å²) >= 11 is 2.23. The topological polar surface area (TPSA) is 41.8 Å². The number of phenolic OH excluding ortho intramolecular Hbond substituents is 1. The van der Waals surface area contributed by atoms with Crippen LogP contribution in [-0.2, 0) is 0 Å². The van der Waals surface area contributed by atoms with Crippen molar-refractivity contribution in [2.75, 3.05) is 7.11 Å². The molecule has 18 heavy (non-hydrogen) atoms. The van der Waals surface area contributed by atoms with Gasteiger partial charge in [0, 0.05) is 15.3 Å². The Bertz CT molecular complexity index is 582. The first kappa shape index (κ1) is 12.9. The Balaban J connectivity index is 2.29. The van der Waals surface area contributed by atoms with Crippen LogP contribution in [0, 0.1) is 3.57 Å². The van der Waals surface area contributed by atoms with Crippen LogP contribution in [0.5, 0.6) is 11.5 Å². The third kappa shape index (κ3) is 3.01. The Labute approximate surface area is 119 Å². The van der Waals surface area contributed by atoms with Gasteiger partial charge in [-0.1, -0.05) is 12.1 Å². The maximum Gasteiger partial charge on any atom is 0.166 e. The van der Waals surface area contributed by atoms with Gasteiger partial charge in [0.1, 0.15) is 0 Å². The fourth-order valence-corrected chi connectivity index (χ4v) is 2.04. The van der Waals surface area contributed by atoms with Crippen LogP contribution in [0.15, 0.2) is 47.5 Å². The zero-order chi connectivity index (χ0) is 13.0. The van der Waals surface area contributed by atoms with E-state index in [4.69, 9.17) is 4.74 Å². The zero-order valence-electron chi connectivity index (χ0n) is 9.80. The summed E-state index contributed by atoms with van der Waals surface area (Å²) in [5.74, 6) is 0.552. The van der Waals surface area contributed by atoms with Gasteiger partial charge in [-0.25, -0.2) is 0 Å². The molecule has 0 aliphatic rings. The number of hydrogen-bond acceptors (Lipinski definition) is 3. The average Bonchev–Trinajstić information content (AvgIpc) is 2.38. The lowest BCUT2D eigenvalue weighted by atomic mass is 10.2. The van der Waals surface area contributed by atoms with E-state index < -0.39 is 0 Å². The highest BCUT2D eigenvalue weighted by Crippen LogP contribution is 2.28. The van der Waals surface area contributed by atoms with E-state index in [0.29, 0.717) is 11.3 Å². The number of aromatic hydroxyl groups is 1. The van der Waals surface area contributed by atoms with Gasteiger partial charge in [0.05, 0.1) is 12.8 Å². The lowest BCUT2D eigenvalue weighted by molar-refractivity contribution is 0.373. The Hall–Kier alpha value is -1.56. The summed E-state index contributed by atoms with van der Waals surface area (Å²) < 4.78 is 6.17. The summed E-state index contributed by atoms with van der Waals surface area (Å²) in [6, 6.07) is 13.1. The lowest BCUT2D eigenvalue weighted by Gasteiger charge is -2.04. The molecule has 0 aromatic heterocycles. The predicted molar refractivity (Wildman–Crippen MR) is 81.1 cm³/mol. The predicted octanol–water partition coefficient (Wildman–Crippen LogP) is 3.76. The molecule has 0 bridgehead atoms. The molecule has 0 spiro atoms. The Morgan fingerprint density at radius 3 is 2.72 bits per heavy atom. The van der Waals surface area contributed by atoms with Crippen LogP contribution in [0.2, 0.25) is 0 Å². The zero-order valence-corrected chi connectivity index (χ0v) is 12.0. The molecular formula is C14H12INO2. The fraction of sp³-hybridized carbons (Fsp3) is 0.0714. The third-order valence-corrected chi connectivity index (χ3v) is 3.08. The molecule has 0 saturated heterocycles. The van der Waals surface area contributed by atoms with Crippen LogP contribution >= 0.6 is 22.6 Å². The van der Waals surface area contributed by atoms with E-state index in [-0.39, 0.29) is 5.75 Å². The molecule has 2 rings (SSSR count). The van der Waals surface area contributed by atoms with Gasteiger partial charge in [-0.05, 0) is 52.9 Å². The molecule has 0 amide bonds. The second-order valence-corrected chi connectivity index (χ2v) is 4.88. The minimum atomic E-state index is 0.106. The van der Waals surface area contributed by atoms with Crippen molar-refractivity contribution in [3.05, 3.63) is 51.6 Å². The monoisotopic (exact) mass is 353 g/mol. The van der Waals surface area contributed by atoms with Crippen molar-refractivity contribution in [3.8, 4) is 11.5 Å². The lowest BCUT2D eigenvalue weighted by Crippen LogP contribution is -1.88. The molecule has 3 nitrogen and oxygen atoms in total. The van der Waals surface area contributed by atoms with E-state index in [9.17, 15) is 5.11 Å². The SMILES string of the molecule is COc1cccc(C=Nc2cccc(I)c2)c1O. The molecule has 4 heteroatoms. The van der Waals surface area contributed by atoms with Crippen molar-refractivity contribution in [2.45, 2.75) is 0 Å². The summed E-state index contributed by atoms with van der Waals surface area (Å²) in [6.07, 6.45) is 1.63. The number of nitrogens with zero attached hydrogens (tertiary/aromatic N) is 1. The van der Waals surface area contributed by atoms with Crippen molar-refractivity contribution in [1.82, 2.24) is 0 Å². The van der Waals surface area contributed by atoms with E-state index in [0.717, 1.165) is 9.26 Å². The third-order valence-electron chi connectivity index (χ3n) is 2.41. The van der Waals surface area contributed by atoms with Crippen molar-refractivity contribution >= 4 is 34.5 Å². The van der Waals surface area contributed by atoms with Crippen molar-refractivity contribution in [2.24, 2.45) is 4.99 Å². The Morgan fingerprint density at radius 1 is 1.22 bits per heavy atom. The summed E-state index contributed by atoms with van der Waals surface area (Å²) in [7, 11) is 1.52. The minimum absolute atomic E-state index is 0.106. The van der Waals surface area contributed by atoms with Crippen LogP contribution in [-0.4, -0.2) is 18.4 Å². The van der Waals surface area contributed by atoms with E-state index in [2.05, 4.69) is 27.6 Å². The second-order valence-electron chi connectivity index (χ2n) is 3.64. The summed E-state index contributed by atoms with van der Waals surface area (Å²) in [6.45, 7) is 0. The molecule has 0 heterocycles. The largest absolute Gasteiger partial charge is 0.504 e. The fourth-order valence-electron chi connectivity index (χ4n) is 1.51. The Morgan fingerprint density at radius 2 is 2.00 bits per heavy atom. The van der Waals surface area contributed by atoms with E-state index in [1.54, 1.807) is 18.3 Å². The number of rotatable bonds is 3.